The summed E-state index contributed by atoms with van der Waals surface area (Å²) < 4.78 is 0. The lowest BCUT2D eigenvalue weighted by Gasteiger charge is -2.19. The van der Waals surface area contributed by atoms with E-state index in [4.69, 9.17) is 5.73 Å². The summed E-state index contributed by atoms with van der Waals surface area (Å²) in [6, 6.07) is 1.99. The maximum Gasteiger partial charge on any atom is 0.259 e. The molecule has 3 amide bonds. The first-order valence-electron chi connectivity index (χ1n) is 7.18. The molecule has 2 aliphatic rings. The van der Waals surface area contributed by atoms with Crippen LogP contribution < -0.4 is 10.6 Å². The molecule has 6 nitrogen and oxygen atoms in total. The van der Waals surface area contributed by atoms with Gasteiger partial charge in [0.2, 0.25) is 11.8 Å². The fourth-order valence-electron chi connectivity index (χ4n) is 3.38. The predicted molar refractivity (Wildman–Crippen MR) is 80.2 cm³/mol. The van der Waals surface area contributed by atoms with Gasteiger partial charge in [-0.3, -0.25) is 14.4 Å². The summed E-state index contributed by atoms with van der Waals surface area (Å²) in [5, 5.41) is 9.59. The Morgan fingerprint density at radius 3 is 2.27 bits per heavy atom. The van der Waals surface area contributed by atoms with Gasteiger partial charge >= 0.3 is 0 Å². The van der Waals surface area contributed by atoms with Gasteiger partial charge in [0.1, 0.15) is 11.1 Å². The van der Waals surface area contributed by atoms with E-state index in [-0.39, 0.29) is 39.1 Å². The molecular weight excluding hydrogens is 302 g/mol. The Labute approximate surface area is 131 Å². The summed E-state index contributed by atoms with van der Waals surface area (Å²) in [4.78, 5) is 38.0. The van der Waals surface area contributed by atoms with Gasteiger partial charge in [-0.2, -0.15) is 5.26 Å². The third-order valence-electron chi connectivity index (χ3n) is 4.51. The molecule has 114 valence electrons. The molecule has 0 bridgehead atoms. The van der Waals surface area contributed by atoms with E-state index in [2.05, 4.69) is 0 Å². The number of hydrogen-bond acceptors (Lipinski definition) is 5. The van der Waals surface area contributed by atoms with Crippen molar-refractivity contribution in [3.8, 4) is 6.07 Å². The molecule has 0 aromatic carbocycles. The van der Waals surface area contributed by atoms with Crippen molar-refractivity contribution in [2.75, 3.05) is 4.90 Å². The maximum atomic E-state index is 12.6. The fraction of sp³-hybridized carbons (Fsp3) is 0.467. The quantitative estimate of drug-likeness (QED) is 0.838. The molecule has 7 heteroatoms. The monoisotopic (exact) mass is 317 g/mol. The van der Waals surface area contributed by atoms with Gasteiger partial charge in [0.05, 0.1) is 22.3 Å². The molecule has 22 heavy (non-hydrogen) atoms. The number of imide groups is 1. The van der Waals surface area contributed by atoms with Gasteiger partial charge in [-0.05, 0) is 25.3 Å². The minimum atomic E-state index is -0.651. The normalized spacial score (nSPS) is 24.3. The highest BCUT2D eigenvalue weighted by molar-refractivity contribution is 7.18. The van der Waals surface area contributed by atoms with Crippen LogP contribution in [-0.4, -0.2) is 17.7 Å². The molecule has 2 heterocycles. The number of nitriles is 1. The number of hydrogen-bond donors (Lipinski definition) is 1. The molecule has 0 unspecified atom stereocenters. The summed E-state index contributed by atoms with van der Waals surface area (Å²) in [5.74, 6) is -1.71. The third kappa shape index (κ3) is 1.95. The van der Waals surface area contributed by atoms with Crippen molar-refractivity contribution in [2.45, 2.75) is 32.6 Å². The highest BCUT2D eigenvalue weighted by Gasteiger charge is 2.50. The Morgan fingerprint density at radius 2 is 1.82 bits per heavy atom. The number of carbonyl (C=O) groups excluding carboxylic acids is 3. The van der Waals surface area contributed by atoms with Crippen LogP contribution in [0.1, 0.15) is 46.5 Å². The zero-order chi connectivity index (χ0) is 16.0. The molecule has 0 spiro atoms. The summed E-state index contributed by atoms with van der Waals surface area (Å²) in [5.41, 5.74) is 5.94. The molecule has 1 saturated heterocycles. The molecule has 3 rings (SSSR count). The molecule has 0 radical (unpaired) electrons. The Bertz CT molecular complexity index is 707. The third-order valence-corrected chi connectivity index (χ3v) is 5.80. The first-order valence-corrected chi connectivity index (χ1v) is 8.00. The van der Waals surface area contributed by atoms with Crippen LogP contribution in [0.5, 0.6) is 0 Å². The van der Waals surface area contributed by atoms with E-state index in [0.29, 0.717) is 18.4 Å². The van der Waals surface area contributed by atoms with Crippen molar-refractivity contribution < 1.29 is 14.4 Å². The van der Waals surface area contributed by atoms with Gasteiger partial charge in [-0.25, -0.2) is 4.90 Å². The number of carbonyl (C=O) groups is 3. The Balaban J connectivity index is 2.10. The maximum absolute atomic E-state index is 12.6. The lowest BCUT2D eigenvalue weighted by atomic mass is 9.81. The number of nitrogens with two attached hydrogens (primary N) is 1. The van der Waals surface area contributed by atoms with Crippen molar-refractivity contribution in [1.82, 2.24) is 0 Å². The second kappa shape index (κ2) is 5.21. The number of primary amides is 1. The largest absolute Gasteiger partial charge is 0.365 e. The van der Waals surface area contributed by atoms with Crippen LogP contribution in [0.25, 0.3) is 0 Å². The first kappa shape index (κ1) is 14.7. The number of thiophene rings is 1. The average Bonchev–Trinajstić information content (AvgIpc) is 2.95. The van der Waals surface area contributed by atoms with Crippen LogP contribution in [0.4, 0.5) is 5.00 Å². The van der Waals surface area contributed by atoms with Gasteiger partial charge in [-0.1, -0.05) is 12.8 Å². The van der Waals surface area contributed by atoms with Crippen molar-refractivity contribution >= 4 is 34.1 Å². The molecular formula is C15H15N3O3S. The summed E-state index contributed by atoms with van der Waals surface area (Å²) >= 11 is 0.956. The molecule has 1 aliphatic carbocycles. The first-order chi connectivity index (χ1) is 10.5. The number of fused-ring (bicyclic) bond motifs is 1. The highest BCUT2D eigenvalue weighted by Crippen LogP contribution is 2.44. The topological polar surface area (TPSA) is 104 Å². The summed E-state index contributed by atoms with van der Waals surface area (Å²) in [7, 11) is 0. The van der Waals surface area contributed by atoms with E-state index >= 15 is 0 Å². The predicted octanol–water partition coefficient (Wildman–Crippen LogP) is 1.71. The van der Waals surface area contributed by atoms with Crippen molar-refractivity contribution in [1.29, 1.82) is 5.26 Å². The van der Waals surface area contributed by atoms with Gasteiger partial charge < -0.3 is 5.73 Å². The second-order valence-electron chi connectivity index (χ2n) is 5.72. The average molecular weight is 317 g/mol. The minimum absolute atomic E-state index is 0.194. The van der Waals surface area contributed by atoms with Crippen LogP contribution in [0.2, 0.25) is 0 Å². The zero-order valence-electron chi connectivity index (χ0n) is 12.1. The van der Waals surface area contributed by atoms with Crippen LogP contribution in [0.15, 0.2) is 0 Å². The number of rotatable bonds is 2. The van der Waals surface area contributed by atoms with E-state index in [0.717, 1.165) is 29.1 Å². The molecule has 1 aromatic heterocycles. The standard InChI is InChI=1S/C15H15N3O3S/c1-7-10(6-16)15(22-11(7)12(17)19)18-13(20)8-4-2-3-5-9(8)14(18)21/h8-9H,2-5H2,1H3,(H2,17,19)/t8-,9-/m1/s1. The van der Waals surface area contributed by atoms with E-state index in [1.165, 1.54) is 0 Å². The fourth-order valence-corrected chi connectivity index (χ4v) is 4.51. The molecule has 1 saturated carbocycles. The number of amides is 3. The van der Waals surface area contributed by atoms with E-state index < -0.39 is 5.91 Å². The Morgan fingerprint density at radius 1 is 1.27 bits per heavy atom. The molecule has 2 N–H and O–H groups in total. The SMILES string of the molecule is Cc1c(C(N)=O)sc(N2C(=O)[C@@H]3CCCC[C@H]3C2=O)c1C#N. The van der Waals surface area contributed by atoms with Crippen molar-refractivity contribution in [3.05, 3.63) is 16.0 Å². The molecule has 2 atom stereocenters. The Hall–Kier alpha value is -2.20. The van der Waals surface area contributed by atoms with Crippen LogP contribution >= 0.6 is 11.3 Å². The van der Waals surface area contributed by atoms with E-state index in [1.54, 1.807) is 6.92 Å². The number of anilines is 1. The van der Waals surface area contributed by atoms with Crippen LogP contribution in [-0.2, 0) is 9.59 Å². The lowest BCUT2D eigenvalue weighted by Crippen LogP contribution is -2.30. The van der Waals surface area contributed by atoms with Gasteiger partial charge in [0, 0.05) is 0 Å². The number of nitrogens with zero attached hydrogens (tertiary/aromatic N) is 2. The van der Waals surface area contributed by atoms with Gasteiger partial charge in [-0.15, -0.1) is 11.3 Å². The smallest absolute Gasteiger partial charge is 0.259 e. The van der Waals surface area contributed by atoms with Crippen molar-refractivity contribution in [2.24, 2.45) is 17.6 Å². The van der Waals surface area contributed by atoms with Crippen LogP contribution in [0, 0.1) is 30.1 Å². The summed E-state index contributed by atoms with van der Waals surface area (Å²) in [6.07, 6.45) is 3.30. The lowest BCUT2D eigenvalue weighted by molar-refractivity contribution is -0.122. The van der Waals surface area contributed by atoms with Crippen molar-refractivity contribution in [3.63, 3.8) is 0 Å². The zero-order valence-corrected chi connectivity index (χ0v) is 12.9. The summed E-state index contributed by atoms with van der Waals surface area (Å²) in [6.45, 7) is 1.61. The van der Waals surface area contributed by atoms with E-state index in [1.807, 2.05) is 6.07 Å². The minimum Gasteiger partial charge on any atom is -0.365 e. The molecule has 1 aromatic rings. The molecule has 2 fully saturated rings. The van der Waals surface area contributed by atoms with E-state index in [9.17, 15) is 19.6 Å². The van der Waals surface area contributed by atoms with Gasteiger partial charge in [0.15, 0.2) is 0 Å². The second-order valence-corrected chi connectivity index (χ2v) is 6.72. The van der Waals surface area contributed by atoms with Gasteiger partial charge in [0.25, 0.3) is 5.91 Å². The highest BCUT2D eigenvalue weighted by atomic mass is 32.1. The Kier molecular flexibility index (Phi) is 3.49. The molecule has 1 aliphatic heterocycles. The van der Waals surface area contributed by atoms with Crippen LogP contribution in [0.3, 0.4) is 0 Å².